The molecule has 0 amide bonds. The molecular formula is C12H12ClN3O2. The van der Waals surface area contributed by atoms with Crippen LogP contribution < -0.4 is 5.73 Å². The number of anilines is 1. The number of benzene rings is 1. The number of rotatable bonds is 3. The maximum absolute atomic E-state index is 11.6. The predicted molar refractivity (Wildman–Crippen MR) is 68.9 cm³/mol. The standard InChI is InChI=1S/C12H12ClN3O2/c1-2-18-12(17)11-9(14)7-16(15-11)10-6-4-3-5-8(10)13/h3-7H,2,14H2,1H3. The van der Waals surface area contributed by atoms with Crippen LogP contribution in [0.4, 0.5) is 5.69 Å². The van der Waals surface area contributed by atoms with Crippen LogP contribution >= 0.6 is 11.6 Å². The molecule has 5 nitrogen and oxygen atoms in total. The van der Waals surface area contributed by atoms with Crippen LogP contribution in [0.25, 0.3) is 5.69 Å². The van der Waals surface area contributed by atoms with E-state index in [-0.39, 0.29) is 18.0 Å². The highest BCUT2D eigenvalue weighted by atomic mass is 35.5. The van der Waals surface area contributed by atoms with Crippen LogP contribution in [0.15, 0.2) is 30.5 Å². The van der Waals surface area contributed by atoms with E-state index in [4.69, 9.17) is 22.1 Å². The quantitative estimate of drug-likeness (QED) is 0.865. The van der Waals surface area contributed by atoms with Crippen LogP contribution in [0.5, 0.6) is 0 Å². The summed E-state index contributed by atoms with van der Waals surface area (Å²) >= 11 is 6.04. The van der Waals surface area contributed by atoms with Crippen molar-refractivity contribution in [1.82, 2.24) is 9.78 Å². The Morgan fingerprint density at radius 2 is 2.22 bits per heavy atom. The van der Waals surface area contributed by atoms with Crippen LogP contribution in [0.2, 0.25) is 5.02 Å². The number of carbonyl (C=O) groups excluding carboxylic acids is 1. The molecule has 94 valence electrons. The molecule has 0 aliphatic heterocycles. The average molecular weight is 266 g/mol. The molecule has 6 heteroatoms. The first kappa shape index (κ1) is 12.4. The van der Waals surface area contributed by atoms with Crippen molar-refractivity contribution in [2.45, 2.75) is 6.92 Å². The Hall–Kier alpha value is -2.01. The minimum Gasteiger partial charge on any atom is -0.461 e. The van der Waals surface area contributed by atoms with E-state index in [1.54, 1.807) is 19.1 Å². The van der Waals surface area contributed by atoms with Gasteiger partial charge in [0.15, 0.2) is 5.69 Å². The summed E-state index contributed by atoms with van der Waals surface area (Å²) in [6, 6.07) is 7.15. The second-order valence-electron chi connectivity index (χ2n) is 3.55. The number of para-hydroxylation sites is 1. The molecule has 0 unspecified atom stereocenters. The van der Waals surface area contributed by atoms with E-state index in [1.807, 2.05) is 12.1 Å². The maximum Gasteiger partial charge on any atom is 0.361 e. The van der Waals surface area contributed by atoms with Crippen molar-refractivity contribution < 1.29 is 9.53 Å². The minimum absolute atomic E-state index is 0.0942. The zero-order valence-corrected chi connectivity index (χ0v) is 10.5. The molecule has 0 bridgehead atoms. The first-order valence-corrected chi connectivity index (χ1v) is 5.78. The molecule has 0 atom stereocenters. The second kappa shape index (κ2) is 5.10. The number of nitrogens with two attached hydrogens (primary N) is 1. The van der Waals surface area contributed by atoms with Crippen molar-refractivity contribution in [2.75, 3.05) is 12.3 Å². The van der Waals surface area contributed by atoms with Gasteiger partial charge in [0.05, 0.1) is 29.2 Å². The first-order valence-electron chi connectivity index (χ1n) is 5.40. The average Bonchev–Trinajstić information content (AvgIpc) is 2.72. The van der Waals surface area contributed by atoms with Gasteiger partial charge in [-0.3, -0.25) is 0 Å². The van der Waals surface area contributed by atoms with Gasteiger partial charge in [-0.25, -0.2) is 9.48 Å². The van der Waals surface area contributed by atoms with Gasteiger partial charge in [0.25, 0.3) is 0 Å². The van der Waals surface area contributed by atoms with Crippen LogP contribution in [-0.2, 0) is 4.74 Å². The van der Waals surface area contributed by atoms with E-state index in [9.17, 15) is 4.79 Å². The second-order valence-corrected chi connectivity index (χ2v) is 3.96. The Morgan fingerprint density at radius 3 is 2.89 bits per heavy atom. The summed E-state index contributed by atoms with van der Waals surface area (Å²) in [5.41, 5.74) is 6.74. The molecule has 1 aromatic heterocycles. The topological polar surface area (TPSA) is 70.1 Å². The molecule has 18 heavy (non-hydrogen) atoms. The summed E-state index contributed by atoms with van der Waals surface area (Å²) in [5, 5.41) is 4.62. The third-order valence-corrected chi connectivity index (χ3v) is 2.63. The van der Waals surface area contributed by atoms with E-state index in [1.165, 1.54) is 10.9 Å². The van der Waals surface area contributed by atoms with Crippen molar-refractivity contribution in [3.05, 3.63) is 41.2 Å². The highest BCUT2D eigenvalue weighted by molar-refractivity contribution is 6.32. The third kappa shape index (κ3) is 2.31. The fourth-order valence-electron chi connectivity index (χ4n) is 1.51. The third-order valence-electron chi connectivity index (χ3n) is 2.31. The molecule has 1 heterocycles. The molecule has 2 rings (SSSR count). The van der Waals surface area contributed by atoms with Crippen molar-refractivity contribution in [1.29, 1.82) is 0 Å². The number of esters is 1. The van der Waals surface area contributed by atoms with Gasteiger partial charge in [-0.05, 0) is 19.1 Å². The number of nitrogen functional groups attached to an aromatic ring is 1. The number of carbonyl (C=O) groups is 1. The predicted octanol–water partition coefficient (Wildman–Crippen LogP) is 2.28. The summed E-state index contributed by atoms with van der Waals surface area (Å²) in [5.74, 6) is -0.541. The number of nitrogens with zero attached hydrogens (tertiary/aromatic N) is 2. The Bertz CT molecular complexity index is 580. The molecule has 0 saturated carbocycles. The van der Waals surface area contributed by atoms with Crippen LogP contribution in [0, 0.1) is 0 Å². The highest BCUT2D eigenvalue weighted by Crippen LogP contribution is 2.21. The van der Waals surface area contributed by atoms with Crippen molar-refractivity contribution in [3.63, 3.8) is 0 Å². The Kier molecular flexibility index (Phi) is 3.53. The molecule has 0 aliphatic rings. The monoisotopic (exact) mass is 265 g/mol. The summed E-state index contributed by atoms with van der Waals surface area (Å²) in [7, 11) is 0. The number of ether oxygens (including phenoxy) is 1. The summed E-state index contributed by atoms with van der Waals surface area (Å²) in [6.45, 7) is 2.00. The molecule has 0 spiro atoms. The van der Waals surface area contributed by atoms with Gasteiger partial charge in [0.2, 0.25) is 0 Å². The van der Waals surface area contributed by atoms with Crippen molar-refractivity contribution in [2.24, 2.45) is 0 Å². The van der Waals surface area contributed by atoms with Crippen molar-refractivity contribution >= 4 is 23.3 Å². The largest absolute Gasteiger partial charge is 0.461 e. The number of halogens is 1. The van der Waals surface area contributed by atoms with Crippen LogP contribution in [-0.4, -0.2) is 22.4 Å². The fraction of sp³-hybridized carbons (Fsp3) is 0.167. The van der Waals surface area contributed by atoms with Gasteiger partial charge in [-0.2, -0.15) is 5.10 Å². The summed E-state index contributed by atoms with van der Waals surface area (Å²) in [4.78, 5) is 11.6. The minimum atomic E-state index is -0.541. The molecule has 1 aromatic carbocycles. The molecule has 2 N–H and O–H groups in total. The smallest absolute Gasteiger partial charge is 0.361 e. The molecule has 2 aromatic rings. The van der Waals surface area contributed by atoms with Crippen LogP contribution in [0.1, 0.15) is 17.4 Å². The van der Waals surface area contributed by atoms with Gasteiger partial charge in [-0.1, -0.05) is 23.7 Å². The van der Waals surface area contributed by atoms with E-state index < -0.39 is 5.97 Å². The van der Waals surface area contributed by atoms with Gasteiger partial charge < -0.3 is 10.5 Å². The summed E-state index contributed by atoms with van der Waals surface area (Å²) < 4.78 is 6.32. The SMILES string of the molecule is CCOC(=O)c1nn(-c2ccccc2Cl)cc1N. The lowest BCUT2D eigenvalue weighted by atomic mass is 10.3. The molecule has 0 saturated heterocycles. The zero-order chi connectivity index (χ0) is 13.1. The Morgan fingerprint density at radius 1 is 1.50 bits per heavy atom. The highest BCUT2D eigenvalue weighted by Gasteiger charge is 2.17. The Balaban J connectivity index is 2.41. The number of hydrogen-bond acceptors (Lipinski definition) is 4. The van der Waals surface area contributed by atoms with Gasteiger partial charge in [-0.15, -0.1) is 0 Å². The van der Waals surface area contributed by atoms with Gasteiger partial charge in [0.1, 0.15) is 0 Å². The molecule has 0 aliphatic carbocycles. The van der Waals surface area contributed by atoms with Gasteiger partial charge in [0, 0.05) is 0 Å². The lowest BCUT2D eigenvalue weighted by Crippen LogP contribution is -2.08. The summed E-state index contributed by atoms with van der Waals surface area (Å²) in [6.07, 6.45) is 1.54. The van der Waals surface area contributed by atoms with Gasteiger partial charge >= 0.3 is 5.97 Å². The van der Waals surface area contributed by atoms with Crippen LogP contribution in [0.3, 0.4) is 0 Å². The van der Waals surface area contributed by atoms with E-state index >= 15 is 0 Å². The van der Waals surface area contributed by atoms with E-state index in [2.05, 4.69) is 5.10 Å². The number of aromatic nitrogens is 2. The van der Waals surface area contributed by atoms with E-state index in [0.717, 1.165) is 0 Å². The lowest BCUT2D eigenvalue weighted by molar-refractivity contribution is 0.0520. The maximum atomic E-state index is 11.6. The first-order chi connectivity index (χ1) is 8.63. The molecule has 0 fully saturated rings. The zero-order valence-electron chi connectivity index (χ0n) is 9.76. The normalized spacial score (nSPS) is 10.3. The van der Waals surface area contributed by atoms with Crippen molar-refractivity contribution in [3.8, 4) is 5.69 Å². The molecule has 0 radical (unpaired) electrons. The lowest BCUT2D eigenvalue weighted by Gasteiger charge is -2.02. The van der Waals surface area contributed by atoms with E-state index in [0.29, 0.717) is 10.7 Å². The fourth-order valence-corrected chi connectivity index (χ4v) is 1.73. The molecular weight excluding hydrogens is 254 g/mol. The number of hydrogen-bond donors (Lipinski definition) is 1. The Labute approximate surface area is 109 Å².